The Labute approximate surface area is 143 Å². The molecule has 1 aliphatic heterocycles. The molecule has 3 rings (SSSR count). The van der Waals surface area contributed by atoms with Crippen molar-refractivity contribution in [2.24, 2.45) is 5.41 Å². The van der Waals surface area contributed by atoms with E-state index in [4.69, 9.17) is 0 Å². The number of carbonyl (C=O) groups excluding carboxylic acids is 2. The van der Waals surface area contributed by atoms with Crippen LogP contribution in [0.3, 0.4) is 0 Å². The summed E-state index contributed by atoms with van der Waals surface area (Å²) in [5.41, 5.74) is 0.723. The topological polar surface area (TPSA) is 61.4 Å². The molecule has 0 aromatic heterocycles. The van der Waals surface area contributed by atoms with Crippen molar-refractivity contribution < 1.29 is 9.59 Å². The summed E-state index contributed by atoms with van der Waals surface area (Å²) in [5, 5.41) is 5.84. The predicted octanol–water partition coefficient (Wildman–Crippen LogP) is 2.92. The summed E-state index contributed by atoms with van der Waals surface area (Å²) in [6.45, 7) is 7.98. The number of nitrogens with zero attached hydrogens (tertiary/aromatic N) is 1. The number of amides is 2. The van der Waals surface area contributed by atoms with E-state index in [0.717, 1.165) is 18.8 Å². The molecule has 1 aromatic carbocycles. The number of carbonyl (C=O) groups is 2. The van der Waals surface area contributed by atoms with Crippen LogP contribution in [0.5, 0.6) is 0 Å². The molecule has 2 amide bonds. The lowest BCUT2D eigenvalue weighted by Crippen LogP contribution is -2.48. The van der Waals surface area contributed by atoms with Crippen LogP contribution < -0.4 is 15.5 Å². The molecule has 1 aromatic rings. The van der Waals surface area contributed by atoms with Crippen LogP contribution in [0.2, 0.25) is 0 Å². The van der Waals surface area contributed by atoms with Crippen molar-refractivity contribution >= 4 is 23.2 Å². The van der Waals surface area contributed by atoms with E-state index in [0.29, 0.717) is 12.8 Å². The normalized spacial score (nSPS) is 19.0. The highest BCUT2D eigenvalue weighted by Crippen LogP contribution is 2.47. The molecule has 0 unspecified atom stereocenters. The predicted molar refractivity (Wildman–Crippen MR) is 96.1 cm³/mol. The van der Waals surface area contributed by atoms with E-state index < -0.39 is 5.41 Å². The molecule has 24 heavy (non-hydrogen) atoms. The Balaban J connectivity index is 1.63. The molecule has 0 spiro atoms. The van der Waals surface area contributed by atoms with Crippen molar-refractivity contribution in [1.29, 1.82) is 0 Å². The van der Waals surface area contributed by atoms with Gasteiger partial charge in [0, 0.05) is 30.0 Å². The summed E-state index contributed by atoms with van der Waals surface area (Å²) in [6.07, 6.45) is 3.72. The molecule has 1 saturated heterocycles. The first kappa shape index (κ1) is 16.8. The first-order chi connectivity index (χ1) is 11.3. The molecule has 0 bridgehead atoms. The maximum absolute atomic E-state index is 12.6. The van der Waals surface area contributed by atoms with Crippen LogP contribution in [0.1, 0.15) is 46.5 Å². The van der Waals surface area contributed by atoms with Gasteiger partial charge in [0.25, 0.3) is 0 Å². The average molecular weight is 329 g/mol. The van der Waals surface area contributed by atoms with Crippen molar-refractivity contribution in [2.45, 2.75) is 52.0 Å². The Bertz CT molecular complexity index is 621. The van der Waals surface area contributed by atoms with Gasteiger partial charge in [-0.15, -0.1) is 0 Å². The smallest absolute Gasteiger partial charge is 0.240 e. The largest absolute Gasteiger partial charge is 0.372 e. The molecule has 2 N–H and O–H groups in total. The van der Waals surface area contributed by atoms with Crippen LogP contribution in [-0.2, 0) is 9.59 Å². The van der Waals surface area contributed by atoms with E-state index in [1.54, 1.807) is 0 Å². The quantitative estimate of drug-likeness (QED) is 0.835. The lowest BCUT2D eigenvalue weighted by atomic mass is 10.0. The van der Waals surface area contributed by atoms with Crippen LogP contribution in [-0.4, -0.2) is 30.4 Å². The number of rotatable bonds is 4. The SMILES string of the molecule is CC(C)(C)NC(=O)C1(C(=O)Nc2ccc(N3CCCC3)cc2)CC1. The van der Waals surface area contributed by atoms with E-state index in [-0.39, 0.29) is 17.4 Å². The molecular weight excluding hydrogens is 302 g/mol. The zero-order valence-electron chi connectivity index (χ0n) is 14.8. The van der Waals surface area contributed by atoms with Gasteiger partial charge in [-0.3, -0.25) is 9.59 Å². The number of hydrogen-bond donors (Lipinski definition) is 2. The van der Waals surface area contributed by atoms with Gasteiger partial charge >= 0.3 is 0 Å². The van der Waals surface area contributed by atoms with Gasteiger partial charge in [-0.1, -0.05) is 0 Å². The van der Waals surface area contributed by atoms with Crippen molar-refractivity contribution in [3.8, 4) is 0 Å². The number of nitrogens with one attached hydrogen (secondary N) is 2. The minimum Gasteiger partial charge on any atom is -0.372 e. The van der Waals surface area contributed by atoms with Crippen LogP contribution in [0, 0.1) is 5.41 Å². The number of anilines is 2. The Morgan fingerprint density at radius 2 is 1.58 bits per heavy atom. The molecule has 2 fully saturated rings. The summed E-state index contributed by atoms with van der Waals surface area (Å²) >= 11 is 0. The van der Waals surface area contributed by atoms with Crippen LogP contribution in [0.4, 0.5) is 11.4 Å². The van der Waals surface area contributed by atoms with Crippen molar-refractivity contribution in [2.75, 3.05) is 23.3 Å². The molecule has 5 heteroatoms. The number of hydrogen-bond acceptors (Lipinski definition) is 3. The summed E-state index contributed by atoms with van der Waals surface area (Å²) in [4.78, 5) is 27.4. The fourth-order valence-electron chi connectivity index (χ4n) is 3.12. The first-order valence-electron chi connectivity index (χ1n) is 8.79. The van der Waals surface area contributed by atoms with Crippen LogP contribution in [0.25, 0.3) is 0 Å². The zero-order valence-corrected chi connectivity index (χ0v) is 14.8. The summed E-state index contributed by atoms with van der Waals surface area (Å²) in [6, 6.07) is 7.91. The number of benzene rings is 1. The maximum atomic E-state index is 12.6. The second-order valence-corrected chi connectivity index (χ2v) is 7.98. The van der Waals surface area contributed by atoms with E-state index in [1.807, 2.05) is 45.0 Å². The minimum absolute atomic E-state index is 0.166. The minimum atomic E-state index is -0.888. The van der Waals surface area contributed by atoms with E-state index in [2.05, 4.69) is 15.5 Å². The van der Waals surface area contributed by atoms with Crippen molar-refractivity contribution in [3.05, 3.63) is 24.3 Å². The molecular formula is C19H27N3O2. The fraction of sp³-hybridized carbons (Fsp3) is 0.579. The van der Waals surface area contributed by atoms with Crippen LogP contribution >= 0.6 is 0 Å². The monoisotopic (exact) mass is 329 g/mol. The molecule has 0 radical (unpaired) electrons. The Morgan fingerprint density at radius 3 is 2.08 bits per heavy atom. The first-order valence-corrected chi connectivity index (χ1v) is 8.79. The molecule has 5 nitrogen and oxygen atoms in total. The molecule has 1 heterocycles. The standard InChI is InChI=1S/C19H27N3O2/c1-18(2,3)21-17(24)19(10-11-19)16(23)20-14-6-8-15(9-7-14)22-12-4-5-13-22/h6-9H,4-5,10-13H2,1-3H3,(H,20,23)(H,21,24). The van der Waals surface area contributed by atoms with E-state index >= 15 is 0 Å². The van der Waals surface area contributed by atoms with Gasteiger partial charge in [0.1, 0.15) is 5.41 Å². The van der Waals surface area contributed by atoms with Crippen LogP contribution in [0.15, 0.2) is 24.3 Å². The highest BCUT2D eigenvalue weighted by Gasteiger charge is 2.57. The molecule has 1 saturated carbocycles. The van der Waals surface area contributed by atoms with Gasteiger partial charge in [-0.25, -0.2) is 0 Å². The Hall–Kier alpha value is -2.04. The van der Waals surface area contributed by atoms with Crippen molar-refractivity contribution in [1.82, 2.24) is 5.32 Å². The van der Waals surface area contributed by atoms with Gasteiger partial charge in [0.2, 0.25) is 11.8 Å². The van der Waals surface area contributed by atoms with Gasteiger partial charge in [0.05, 0.1) is 0 Å². The molecule has 130 valence electrons. The molecule has 0 atom stereocenters. The summed E-state index contributed by atoms with van der Waals surface area (Å²) < 4.78 is 0. The summed E-state index contributed by atoms with van der Waals surface area (Å²) in [7, 11) is 0. The highest BCUT2D eigenvalue weighted by atomic mass is 16.2. The van der Waals surface area contributed by atoms with Gasteiger partial charge in [-0.05, 0) is 70.7 Å². The fourth-order valence-corrected chi connectivity index (χ4v) is 3.12. The third-order valence-electron chi connectivity index (χ3n) is 4.70. The van der Waals surface area contributed by atoms with E-state index in [1.165, 1.54) is 18.5 Å². The van der Waals surface area contributed by atoms with Gasteiger partial charge in [-0.2, -0.15) is 0 Å². The lowest BCUT2D eigenvalue weighted by molar-refractivity contribution is -0.135. The lowest BCUT2D eigenvalue weighted by Gasteiger charge is -2.24. The van der Waals surface area contributed by atoms with Gasteiger partial charge in [0.15, 0.2) is 0 Å². The maximum Gasteiger partial charge on any atom is 0.240 e. The Morgan fingerprint density at radius 1 is 1.00 bits per heavy atom. The van der Waals surface area contributed by atoms with E-state index in [9.17, 15) is 9.59 Å². The molecule has 2 aliphatic rings. The highest BCUT2D eigenvalue weighted by molar-refractivity contribution is 6.13. The second-order valence-electron chi connectivity index (χ2n) is 7.98. The molecule has 1 aliphatic carbocycles. The zero-order chi connectivity index (χ0) is 17.4. The van der Waals surface area contributed by atoms with Crippen molar-refractivity contribution in [3.63, 3.8) is 0 Å². The Kier molecular flexibility index (Phi) is 4.28. The third-order valence-corrected chi connectivity index (χ3v) is 4.70. The average Bonchev–Trinajstić information content (AvgIpc) is 3.15. The second kappa shape index (κ2) is 6.11. The third kappa shape index (κ3) is 3.55. The van der Waals surface area contributed by atoms with Gasteiger partial charge < -0.3 is 15.5 Å². The summed E-state index contributed by atoms with van der Waals surface area (Å²) in [5.74, 6) is -0.362.